The lowest BCUT2D eigenvalue weighted by Crippen LogP contribution is -2.04. The van der Waals surface area contributed by atoms with Gasteiger partial charge >= 0.3 is 0 Å². The highest BCUT2D eigenvalue weighted by molar-refractivity contribution is 6.11. The van der Waals surface area contributed by atoms with E-state index in [4.69, 9.17) is 29.9 Å². The molecule has 0 spiro atoms. The Labute approximate surface area is 374 Å². The summed E-state index contributed by atoms with van der Waals surface area (Å²) in [5.74, 6) is 3.01. The van der Waals surface area contributed by atoms with Gasteiger partial charge in [0, 0.05) is 44.2 Å². The van der Waals surface area contributed by atoms with Gasteiger partial charge in [0.2, 0.25) is 0 Å². The van der Waals surface area contributed by atoms with Gasteiger partial charge in [-0.3, -0.25) is 0 Å². The third kappa shape index (κ3) is 7.21. The molecule has 9 heteroatoms. The van der Waals surface area contributed by atoms with Gasteiger partial charge in [-0.05, 0) is 59.7 Å². The lowest BCUT2D eigenvalue weighted by Gasteiger charge is -2.15. The largest absolute Gasteiger partial charge is 0.308 e. The van der Waals surface area contributed by atoms with Crippen LogP contribution in [0.5, 0.6) is 0 Å². The molecule has 9 nitrogen and oxygen atoms in total. The molecule has 11 aromatic rings. The number of hydrogen-bond acceptors (Lipinski definition) is 8. The fourth-order valence-electron chi connectivity index (χ4n) is 8.29. The zero-order valence-electron chi connectivity index (χ0n) is 34.6. The highest BCUT2D eigenvalue weighted by Crippen LogP contribution is 2.40. The summed E-state index contributed by atoms with van der Waals surface area (Å²) in [7, 11) is 0. The molecule has 0 amide bonds. The van der Waals surface area contributed by atoms with E-state index < -0.39 is 0 Å². The summed E-state index contributed by atoms with van der Waals surface area (Å²) in [6.07, 6.45) is 0. The Morgan fingerprint density at radius 2 is 0.723 bits per heavy atom. The minimum Gasteiger partial charge on any atom is -0.308 e. The summed E-state index contributed by atoms with van der Waals surface area (Å²) in [4.78, 5) is 30.1. The topological polar surface area (TPSA) is 130 Å². The second-order valence-electron chi connectivity index (χ2n) is 15.4. The minimum absolute atomic E-state index is 0.441. The van der Waals surface area contributed by atoms with Crippen molar-refractivity contribution < 1.29 is 0 Å². The van der Waals surface area contributed by atoms with Crippen molar-refractivity contribution in [2.45, 2.75) is 0 Å². The first-order valence-electron chi connectivity index (χ1n) is 21.0. The molecule has 0 atom stereocenters. The number of rotatable bonds is 8. The van der Waals surface area contributed by atoms with Gasteiger partial charge < -0.3 is 4.57 Å². The molecule has 0 N–H and O–H groups in total. The van der Waals surface area contributed by atoms with Crippen LogP contribution in [0.25, 0.3) is 107 Å². The standard InChI is InChI=1S/C56H33N9/c57-34-36-25-28-43(46(31-36)55-61-51(38-15-5-1-6-16-38)59-52(62-55)39-17-7-2-8-18-39)42-27-30-49-45(33-42)44-23-13-14-24-48(44)65(49)50-29-26-37(35-58)32-47(50)56-63-53(40-19-9-3-10-20-40)60-54(64-56)41-21-11-4-12-22-41/h1-33H. The molecule has 0 saturated carbocycles. The lowest BCUT2D eigenvalue weighted by molar-refractivity contribution is 1.06. The number of nitrogens with zero attached hydrogens (tertiary/aromatic N) is 9. The number of hydrogen-bond donors (Lipinski definition) is 0. The second kappa shape index (κ2) is 16.4. The molecule has 8 aromatic carbocycles. The first-order valence-corrected chi connectivity index (χ1v) is 21.0. The number of aromatic nitrogens is 7. The van der Waals surface area contributed by atoms with E-state index >= 15 is 0 Å². The Morgan fingerprint density at radius 1 is 0.308 bits per heavy atom. The van der Waals surface area contributed by atoms with E-state index in [2.05, 4.69) is 47.0 Å². The van der Waals surface area contributed by atoms with Crippen molar-refractivity contribution in [3.05, 3.63) is 211 Å². The number of nitriles is 2. The summed E-state index contributed by atoms with van der Waals surface area (Å²) >= 11 is 0. The van der Waals surface area contributed by atoms with Crippen molar-refractivity contribution in [1.29, 1.82) is 10.5 Å². The maximum atomic E-state index is 10.2. The van der Waals surface area contributed by atoms with Gasteiger partial charge in [0.1, 0.15) is 0 Å². The maximum Gasteiger partial charge on any atom is 0.166 e. The molecule has 3 aromatic heterocycles. The van der Waals surface area contributed by atoms with Gasteiger partial charge in [0.15, 0.2) is 34.9 Å². The van der Waals surface area contributed by atoms with Gasteiger partial charge in [-0.1, -0.05) is 152 Å². The van der Waals surface area contributed by atoms with Crippen LogP contribution in [0.2, 0.25) is 0 Å². The molecule has 3 heterocycles. The molecule has 0 bridgehead atoms. The van der Waals surface area contributed by atoms with Crippen molar-refractivity contribution in [2.24, 2.45) is 0 Å². The van der Waals surface area contributed by atoms with E-state index in [-0.39, 0.29) is 0 Å². The van der Waals surface area contributed by atoms with E-state index in [1.807, 2.05) is 170 Å². The van der Waals surface area contributed by atoms with Crippen LogP contribution < -0.4 is 0 Å². The molecule has 0 aliphatic heterocycles. The van der Waals surface area contributed by atoms with E-state index in [1.54, 1.807) is 0 Å². The Bertz CT molecular complexity index is 3550. The molecule has 65 heavy (non-hydrogen) atoms. The normalized spacial score (nSPS) is 11.0. The predicted molar refractivity (Wildman–Crippen MR) is 255 cm³/mol. The van der Waals surface area contributed by atoms with Gasteiger partial charge in [-0.15, -0.1) is 0 Å². The van der Waals surface area contributed by atoms with Crippen molar-refractivity contribution in [1.82, 2.24) is 34.5 Å². The maximum absolute atomic E-state index is 10.2. The van der Waals surface area contributed by atoms with Crippen LogP contribution in [0.15, 0.2) is 200 Å². The molecular weight excluding hydrogens is 799 g/mol. The fourth-order valence-corrected chi connectivity index (χ4v) is 8.29. The van der Waals surface area contributed by atoms with Crippen molar-refractivity contribution in [3.63, 3.8) is 0 Å². The Kier molecular flexibility index (Phi) is 9.73. The smallest absolute Gasteiger partial charge is 0.166 e. The Hall–Kier alpha value is -9.44. The predicted octanol–water partition coefficient (Wildman–Crippen LogP) is 12.6. The van der Waals surface area contributed by atoms with E-state index in [1.165, 1.54) is 0 Å². The number of para-hydroxylation sites is 1. The highest BCUT2D eigenvalue weighted by atomic mass is 15.1. The van der Waals surface area contributed by atoms with E-state index in [9.17, 15) is 10.5 Å². The lowest BCUT2D eigenvalue weighted by atomic mass is 9.95. The second-order valence-corrected chi connectivity index (χ2v) is 15.4. The van der Waals surface area contributed by atoms with Crippen LogP contribution in [-0.4, -0.2) is 34.5 Å². The SMILES string of the molecule is N#Cc1ccc(-c2ccc3c(c2)c2ccccc2n3-c2ccc(C#N)cc2-c2nc(-c3ccccc3)nc(-c3ccccc3)n2)c(-c2nc(-c3ccccc3)nc(-c3ccccc3)n2)c1. The zero-order valence-corrected chi connectivity index (χ0v) is 34.6. The average molecular weight is 832 g/mol. The van der Waals surface area contributed by atoms with Crippen molar-refractivity contribution >= 4 is 21.8 Å². The quantitative estimate of drug-likeness (QED) is 0.148. The van der Waals surface area contributed by atoms with Crippen LogP contribution in [0.1, 0.15) is 11.1 Å². The van der Waals surface area contributed by atoms with E-state index in [0.717, 1.165) is 60.9 Å². The number of fused-ring (bicyclic) bond motifs is 3. The van der Waals surface area contributed by atoms with Gasteiger partial charge in [-0.25, -0.2) is 29.9 Å². The van der Waals surface area contributed by atoms with Gasteiger partial charge in [0.05, 0.1) is 40.0 Å². The van der Waals surface area contributed by atoms with Crippen LogP contribution in [0, 0.1) is 22.7 Å². The van der Waals surface area contributed by atoms with Crippen LogP contribution in [-0.2, 0) is 0 Å². The molecular formula is C56H33N9. The third-order valence-electron chi connectivity index (χ3n) is 11.4. The minimum atomic E-state index is 0.441. The molecule has 0 saturated heterocycles. The first-order chi connectivity index (χ1) is 32.1. The van der Waals surface area contributed by atoms with E-state index in [0.29, 0.717) is 57.2 Å². The fraction of sp³-hybridized carbons (Fsp3) is 0. The van der Waals surface area contributed by atoms with Crippen LogP contribution >= 0.6 is 0 Å². The zero-order chi connectivity index (χ0) is 43.7. The average Bonchev–Trinajstić information content (AvgIpc) is 3.72. The Morgan fingerprint density at radius 3 is 1.23 bits per heavy atom. The summed E-state index contributed by atoms with van der Waals surface area (Å²) in [5, 5.41) is 22.4. The summed E-state index contributed by atoms with van der Waals surface area (Å²) in [6.45, 7) is 0. The van der Waals surface area contributed by atoms with Gasteiger partial charge in [0.25, 0.3) is 0 Å². The van der Waals surface area contributed by atoms with Gasteiger partial charge in [-0.2, -0.15) is 10.5 Å². The van der Waals surface area contributed by atoms with Crippen LogP contribution in [0.3, 0.4) is 0 Å². The van der Waals surface area contributed by atoms with Crippen LogP contribution in [0.4, 0.5) is 0 Å². The highest BCUT2D eigenvalue weighted by Gasteiger charge is 2.22. The molecule has 11 rings (SSSR count). The molecule has 0 unspecified atom stereocenters. The molecule has 302 valence electrons. The molecule has 0 aliphatic carbocycles. The Balaban J connectivity index is 1.11. The molecule has 0 radical (unpaired) electrons. The van der Waals surface area contributed by atoms with Crippen molar-refractivity contribution in [2.75, 3.05) is 0 Å². The molecule has 0 fully saturated rings. The summed E-state index contributed by atoms with van der Waals surface area (Å²) < 4.78 is 2.21. The first kappa shape index (κ1) is 38.5. The summed E-state index contributed by atoms with van der Waals surface area (Å²) in [6, 6.07) is 70.0. The third-order valence-corrected chi connectivity index (χ3v) is 11.4. The monoisotopic (exact) mass is 831 g/mol. The van der Waals surface area contributed by atoms with Crippen molar-refractivity contribution in [3.8, 4) is 97.3 Å². The summed E-state index contributed by atoms with van der Waals surface area (Å²) in [5.41, 5.74) is 10.2. The molecule has 0 aliphatic rings. The number of benzene rings is 8.